The van der Waals surface area contributed by atoms with Crippen molar-refractivity contribution in [1.29, 1.82) is 0 Å². The summed E-state index contributed by atoms with van der Waals surface area (Å²) in [6.45, 7) is 8.19. The van der Waals surface area contributed by atoms with Gasteiger partial charge in [-0.15, -0.1) is 0 Å². The second-order valence-electron chi connectivity index (χ2n) is 16.9. The summed E-state index contributed by atoms with van der Waals surface area (Å²) in [5.74, 6) is -0.849. The van der Waals surface area contributed by atoms with Crippen molar-refractivity contribution >= 4 is 17.9 Å². The largest absolute Gasteiger partial charge is 0.462 e. The molecule has 57 heavy (non-hydrogen) atoms. The van der Waals surface area contributed by atoms with Gasteiger partial charge in [-0.3, -0.25) is 14.4 Å². The van der Waals surface area contributed by atoms with Crippen LogP contribution in [0.5, 0.6) is 0 Å². The normalized spacial score (nSPS) is 14.3. The Bertz CT molecular complexity index is 928. The van der Waals surface area contributed by atoms with Crippen LogP contribution in [-0.4, -0.2) is 84.1 Å². The Morgan fingerprint density at radius 3 is 1.11 bits per heavy atom. The molecule has 0 aromatic heterocycles. The van der Waals surface area contributed by atoms with Crippen molar-refractivity contribution in [3.05, 3.63) is 0 Å². The Labute approximate surface area is 349 Å². The van der Waals surface area contributed by atoms with Crippen molar-refractivity contribution < 1.29 is 48.7 Å². The summed E-state index contributed by atoms with van der Waals surface area (Å²) in [6, 6.07) is 0. The molecule has 0 amide bonds. The monoisotopic (exact) mass is 815 g/mol. The predicted octanol–water partition coefficient (Wildman–Crippen LogP) is 10.9. The third-order valence-electron chi connectivity index (χ3n) is 11.0. The van der Waals surface area contributed by atoms with Gasteiger partial charge in [0.2, 0.25) is 0 Å². The number of ether oxygens (including phenoxy) is 4. The predicted molar refractivity (Wildman–Crippen MR) is 230 cm³/mol. The van der Waals surface area contributed by atoms with E-state index in [1.807, 2.05) is 13.8 Å². The van der Waals surface area contributed by atoms with Crippen molar-refractivity contribution in [2.24, 2.45) is 5.92 Å². The zero-order valence-corrected chi connectivity index (χ0v) is 37.5. The lowest BCUT2D eigenvalue weighted by Crippen LogP contribution is -2.32. The van der Waals surface area contributed by atoms with Crippen LogP contribution in [-0.2, 0) is 33.3 Å². The summed E-state index contributed by atoms with van der Waals surface area (Å²) in [6.07, 6.45) is 25.8. The third kappa shape index (κ3) is 34.8. The summed E-state index contributed by atoms with van der Waals surface area (Å²) in [5, 5.41) is 30.9. The van der Waals surface area contributed by atoms with Crippen LogP contribution in [0.25, 0.3) is 0 Å². The summed E-state index contributed by atoms with van der Waals surface area (Å²) in [7, 11) is 1.64. The van der Waals surface area contributed by atoms with E-state index in [4.69, 9.17) is 18.9 Å². The molecule has 0 aliphatic rings. The van der Waals surface area contributed by atoms with Gasteiger partial charge in [0.1, 0.15) is 13.2 Å². The van der Waals surface area contributed by atoms with Crippen LogP contribution in [0, 0.1) is 5.92 Å². The van der Waals surface area contributed by atoms with Gasteiger partial charge in [-0.25, -0.2) is 0 Å². The summed E-state index contributed by atoms with van der Waals surface area (Å²) >= 11 is 0. The summed E-state index contributed by atoms with van der Waals surface area (Å²) in [4.78, 5) is 37.8. The molecule has 0 heterocycles. The summed E-state index contributed by atoms with van der Waals surface area (Å²) < 4.78 is 22.0. The van der Waals surface area contributed by atoms with E-state index in [1.54, 1.807) is 7.11 Å². The number of esters is 3. The molecule has 0 saturated heterocycles. The molecule has 0 radical (unpaired) electrons. The molecule has 3 N–H and O–H groups in total. The van der Waals surface area contributed by atoms with Crippen LogP contribution in [0.1, 0.15) is 227 Å². The van der Waals surface area contributed by atoms with Gasteiger partial charge in [0.15, 0.2) is 6.10 Å². The molecule has 0 aliphatic carbocycles. The Kier molecular flexibility index (Phi) is 38.5. The minimum Gasteiger partial charge on any atom is -0.462 e. The van der Waals surface area contributed by atoms with Crippen LogP contribution >= 0.6 is 0 Å². The van der Waals surface area contributed by atoms with E-state index in [9.17, 15) is 29.7 Å². The maximum atomic E-state index is 12.7. The van der Waals surface area contributed by atoms with E-state index in [0.717, 1.165) is 83.5 Å². The highest BCUT2D eigenvalue weighted by Gasteiger charge is 2.22. The molecule has 0 bridgehead atoms. The fraction of sp³-hybridized carbons (Fsp3) is 0.936. The van der Waals surface area contributed by atoms with Crippen LogP contribution in [0.4, 0.5) is 0 Å². The number of aliphatic hydroxyl groups excluding tert-OH is 3. The van der Waals surface area contributed by atoms with Gasteiger partial charge in [-0.2, -0.15) is 0 Å². The van der Waals surface area contributed by atoms with Gasteiger partial charge >= 0.3 is 17.9 Å². The number of methoxy groups -OCH3 is 1. The second-order valence-corrected chi connectivity index (χ2v) is 16.9. The standard InChI is InChI=1S/C47H90O10/c1-6-8-10-12-13-14-15-16-22-30-36-46(53)57-40(38-56-45(52)35-29-24-18-21-27-33-43(50)47(54-5)39(3)4)37-55-44(51)34-28-23-17-20-26-32-42(49)41(48)31-25-19-11-9-7-2/h39-43,47-50H,6-38H2,1-5H3. The van der Waals surface area contributed by atoms with Gasteiger partial charge < -0.3 is 34.3 Å². The minimum absolute atomic E-state index is 0.149. The number of rotatable bonds is 42. The highest BCUT2D eigenvalue weighted by molar-refractivity contribution is 5.71. The lowest BCUT2D eigenvalue weighted by molar-refractivity contribution is -0.167. The van der Waals surface area contributed by atoms with Crippen molar-refractivity contribution in [2.45, 2.75) is 257 Å². The molecule has 0 aromatic rings. The molecular weight excluding hydrogens is 725 g/mol. The first kappa shape index (κ1) is 55.2. The Hall–Kier alpha value is -1.75. The van der Waals surface area contributed by atoms with E-state index in [1.165, 1.54) is 64.2 Å². The number of carbonyl (C=O) groups is 3. The molecule has 0 aromatic carbocycles. The maximum Gasteiger partial charge on any atom is 0.306 e. The van der Waals surface area contributed by atoms with Crippen molar-refractivity contribution in [2.75, 3.05) is 20.3 Å². The average molecular weight is 815 g/mol. The zero-order chi connectivity index (χ0) is 42.4. The first-order valence-corrected chi connectivity index (χ1v) is 23.6. The van der Waals surface area contributed by atoms with E-state index < -0.39 is 24.4 Å². The molecule has 0 spiro atoms. The van der Waals surface area contributed by atoms with Gasteiger partial charge in [0.05, 0.1) is 24.4 Å². The molecule has 5 atom stereocenters. The third-order valence-corrected chi connectivity index (χ3v) is 11.0. The molecule has 5 unspecified atom stereocenters. The fourth-order valence-corrected chi connectivity index (χ4v) is 7.32. The molecule has 10 heteroatoms. The Morgan fingerprint density at radius 1 is 0.439 bits per heavy atom. The quantitative estimate of drug-likeness (QED) is 0.0309. The van der Waals surface area contributed by atoms with Gasteiger partial charge in [-0.1, -0.05) is 169 Å². The molecule has 0 rings (SSSR count). The van der Waals surface area contributed by atoms with E-state index in [2.05, 4.69) is 13.8 Å². The Balaban J connectivity index is 4.51. The van der Waals surface area contributed by atoms with Gasteiger partial charge in [-0.05, 0) is 44.4 Å². The van der Waals surface area contributed by atoms with Gasteiger partial charge in [0.25, 0.3) is 0 Å². The smallest absolute Gasteiger partial charge is 0.306 e. The molecule has 0 saturated carbocycles. The van der Waals surface area contributed by atoms with Crippen molar-refractivity contribution in [1.82, 2.24) is 0 Å². The van der Waals surface area contributed by atoms with E-state index >= 15 is 0 Å². The first-order valence-electron chi connectivity index (χ1n) is 23.6. The van der Waals surface area contributed by atoms with Crippen molar-refractivity contribution in [3.63, 3.8) is 0 Å². The number of hydrogen-bond donors (Lipinski definition) is 3. The second kappa shape index (κ2) is 39.7. The van der Waals surface area contributed by atoms with E-state index in [-0.39, 0.29) is 62.4 Å². The Morgan fingerprint density at radius 2 is 0.754 bits per heavy atom. The number of hydrogen-bond acceptors (Lipinski definition) is 10. The lowest BCUT2D eigenvalue weighted by atomic mass is 9.97. The van der Waals surface area contributed by atoms with E-state index in [0.29, 0.717) is 32.1 Å². The SMILES string of the molecule is CCCCCCCCCCCCC(=O)OC(COC(=O)CCCCCCCC(O)C(O)CCCCCCC)COC(=O)CCCCCCCC(O)C(OC)C(C)C. The highest BCUT2D eigenvalue weighted by Crippen LogP contribution is 2.18. The molecule has 0 fully saturated rings. The average Bonchev–Trinajstić information content (AvgIpc) is 3.18. The highest BCUT2D eigenvalue weighted by atomic mass is 16.6. The van der Waals surface area contributed by atoms with Crippen molar-refractivity contribution in [3.8, 4) is 0 Å². The van der Waals surface area contributed by atoms with Crippen LogP contribution in [0.15, 0.2) is 0 Å². The zero-order valence-electron chi connectivity index (χ0n) is 37.5. The van der Waals surface area contributed by atoms with Crippen LogP contribution in [0.3, 0.4) is 0 Å². The lowest BCUT2D eigenvalue weighted by Gasteiger charge is -2.24. The molecule has 0 aliphatic heterocycles. The molecule has 10 nitrogen and oxygen atoms in total. The van der Waals surface area contributed by atoms with Crippen LogP contribution < -0.4 is 0 Å². The van der Waals surface area contributed by atoms with Crippen LogP contribution in [0.2, 0.25) is 0 Å². The summed E-state index contributed by atoms with van der Waals surface area (Å²) in [5.41, 5.74) is 0. The van der Waals surface area contributed by atoms with Gasteiger partial charge in [0, 0.05) is 26.4 Å². The number of unbranched alkanes of at least 4 members (excludes halogenated alkanes) is 21. The maximum absolute atomic E-state index is 12.7. The molecular formula is C47H90O10. The minimum atomic E-state index is -0.847. The fourth-order valence-electron chi connectivity index (χ4n) is 7.32. The molecule has 338 valence electrons. The topological polar surface area (TPSA) is 149 Å². The first-order chi connectivity index (χ1) is 27.5. The number of aliphatic hydroxyl groups is 3. The number of carbonyl (C=O) groups excluding carboxylic acids is 3.